The Morgan fingerprint density at radius 1 is 1.13 bits per heavy atom. The fourth-order valence-electron chi connectivity index (χ4n) is 3.68. The van der Waals surface area contributed by atoms with Crippen molar-refractivity contribution in [2.24, 2.45) is 0 Å². The number of alkyl halides is 2. The van der Waals surface area contributed by atoms with Gasteiger partial charge in [0.1, 0.15) is 5.69 Å². The summed E-state index contributed by atoms with van der Waals surface area (Å²) in [5.74, 6) is -3.31. The van der Waals surface area contributed by atoms with Crippen molar-refractivity contribution in [2.75, 3.05) is 13.1 Å². The standard InChI is InChI=1S/C22H18F2N4O2/c23-22(24)9-11-28(21(29)18-12-17-16(26-18)6-3-10-25-17)13-19(22)30-20-8-7-14-4-1-2-5-15(14)27-20/h1-8,10,12,19,26H,9,11,13H2/t19-/m0/s1. The van der Waals surface area contributed by atoms with E-state index in [1.54, 1.807) is 42.6 Å². The number of halogens is 2. The van der Waals surface area contributed by atoms with Gasteiger partial charge in [-0.25, -0.2) is 13.8 Å². The van der Waals surface area contributed by atoms with Crippen LogP contribution in [-0.4, -0.2) is 50.9 Å². The Labute approximate surface area is 170 Å². The van der Waals surface area contributed by atoms with Crippen LogP contribution in [0.5, 0.6) is 5.88 Å². The number of hydrogen-bond acceptors (Lipinski definition) is 4. The molecule has 1 N–H and O–H groups in total. The molecule has 0 saturated carbocycles. The zero-order valence-electron chi connectivity index (χ0n) is 15.9. The lowest BCUT2D eigenvalue weighted by molar-refractivity contribution is -0.131. The van der Waals surface area contributed by atoms with Crippen molar-refractivity contribution in [3.8, 4) is 5.88 Å². The molecule has 0 aliphatic carbocycles. The first-order valence-electron chi connectivity index (χ1n) is 9.63. The summed E-state index contributed by atoms with van der Waals surface area (Å²) in [5, 5.41) is 0.893. The molecule has 1 aliphatic heterocycles. The van der Waals surface area contributed by atoms with Gasteiger partial charge in [-0.3, -0.25) is 9.78 Å². The third-order valence-electron chi connectivity index (χ3n) is 5.31. The normalized spacial score (nSPS) is 18.6. The van der Waals surface area contributed by atoms with Gasteiger partial charge in [-0.05, 0) is 30.3 Å². The van der Waals surface area contributed by atoms with Crippen LogP contribution >= 0.6 is 0 Å². The van der Waals surface area contributed by atoms with Crippen molar-refractivity contribution in [3.05, 3.63) is 66.5 Å². The summed E-state index contributed by atoms with van der Waals surface area (Å²) in [4.78, 5) is 25.8. The highest BCUT2D eigenvalue weighted by Crippen LogP contribution is 2.32. The molecule has 152 valence electrons. The molecule has 1 fully saturated rings. The van der Waals surface area contributed by atoms with Gasteiger partial charge >= 0.3 is 0 Å². The molecule has 1 atom stereocenters. The van der Waals surface area contributed by atoms with Crippen molar-refractivity contribution in [2.45, 2.75) is 18.4 Å². The van der Waals surface area contributed by atoms with Gasteiger partial charge in [0.2, 0.25) is 5.88 Å². The summed E-state index contributed by atoms with van der Waals surface area (Å²) in [6.45, 7) is -0.289. The van der Waals surface area contributed by atoms with E-state index >= 15 is 0 Å². The number of hydrogen-bond donors (Lipinski definition) is 1. The number of ether oxygens (including phenoxy) is 1. The summed E-state index contributed by atoms with van der Waals surface area (Å²) in [6.07, 6.45) is -0.326. The Morgan fingerprint density at radius 3 is 2.87 bits per heavy atom. The molecular weight excluding hydrogens is 390 g/mol. The molecule has 0 radical (unpaired) electrons. The van der Waals surface area contributed by atoms with E-state index in [0.29, 0.717) is 16.7 Å². The second-order valence-electron chi connectivity index (χ2n) is 7.33. The number of pyridine rings is 2. The maximum absolute atomic E-state index is 14.6. The second-order valence-corrected chi connectivity index (χ2v) is 7.33. The Morgan fingerprint density at radius 2 is 2.00 bits per heavy atom. The molecule has 6 nitrogen and oxygen atoms in total. The molecule has 8 heteroatoms. The summed E-state index contributed by atoms with van der Waals surface area (Å²) in [6, 6.07) is 15.9. The number of aromatic nitrogens is 3. The van der Waals surface area contributed by atoms with Gasteiger partial charge in [0.15, 0.2) is 6.10 Å². The van der Waals surface area contributed by atoms with Crippen LogP contribution in [0.25, 0.3) is 21.9 Å². The number of aromatic amines is 1. The molecule has 1 amide bonds. The number of para-hydroxylation sites is 1. The number of amides is 1. The molecule has 1 aliphatic rings. The third-order valence-corrected chi connectivity index (χ3v) is 5.31. The number of fused-ring (bicyclic) bond motifs is 2. The Bertz CT molecular complexity index is 1210. The monoisotopic (exact) mass is 408 g/mol. The average Bonchev–Trinajstić information content (AvgIpc) is 3.19. The maximum Gasteiger partial charge on any atom is 0.287 e. The van der Waals surface area contributed by atoms with E-state index in [0.717, 1.165) is 10.9 Å². The van der Waals surface area contributed by atoms with Crippen LogP contribution in [0.1, 0.15) is 16.9 Å². The minimum Gasteiger partial charge on any atom is -0.466 e. The van der Waals surface area contributed by atoms with Gasteiger partial charge in [0.25, 0.3) is 11.8 Å². The summed E-state index contributed by atoms with van der Waals surface area (Å²) < 4.78 is 34.7. The summed E-state index contributed by atoms with van der Waals surface area (Å²) >= 11 is 0. The molecule has 5 rings (SSSR count). The lowest BCUT2D eigenvalue weighted by atomic mass is 10.0. The predicted octanol–water partition coefficient (Wildman–Crippen LogP) is 4.04. The Hall–Kier alpha value is -3.55. The first-order chi connectivity index (χ1) is 14.5. The average molecular weight is 408 g/mol. The molecule has 4 aromatic rings. The number of piperidine rings is 1. The first-order valence-corrected chi connectivity index (χ1v) is 9.63. The highest BCUT2D eigenvalue weighted by molar-refractivity contribution is 5.97. The van der Waals surface area contributed by atoms with E-state index in [4.69, 9.17) is 4.74 Å². The highest BCUT2D eigenvalue weighted by atomic mass is 19.3. The topological polar surface area (TPSA) is 71.1 Å². The van der Waals surface area contributed by atoms with Gasteiger partial charge in [0, 0.05) is 30.6 Å². The fraction of sp³-hybridized carbons (Fsp3) is 0.227. The van der Waals surface area contributed by atoms with Crippen LogP contribution in [0.15, 0.2) is 60.8 Å². The Kier molecular flexibility index (Phi) is 4.34. The first kappa shape index (κ1) is 18.5. The molecule has 3 aromatic heterocycles. The quantitative estimate of drug-likeness (QED) is 0.555. The van der Waals surface area contributed by atoms with Gasteiger partial charge in [-0.2, -0.15) is 0 Å². The van der Waals surface area contributed by atoms with Gasteiger partial charge < -0.3 is 14.6 Å². The zero-order valence-corrected chi connectivity index (χ0v) is 15.9. The van der Waals surface area contributed by atoms with Crippen molar-refractivity contribution < 1.29 is 18.3 Å². The van der Waals surface area contributed by atoms with E-state index in [2.05, 4.69) is 15.0 Å². The minimum absolute atomic E-state index is 0.0559. The van der Waals surface area contributed by atoms with E-state index in [1.807, 2.05) is 18.2 Å². The lowest BCUT2D eigenvalue weighted by Gasteiger charge is -2.37. The van der Waals surface area contributed by atoms with Crippen molar-refractivity contribution >= 4 is 27.8 Å². The fourth-order valence-corrected chi connectivity index (χ4v) is 3.68. The van der Waals surface area contributed by atoms with E-state index in [1.165, 1.54) is 4.90 Å². The van der Waals surface area contributed by atoms with Crippen molar-refractivity contribution in [1.82, 2.24) is 19.9 Å². The largest absolute Gasteiger partial charge is 0.466 e. The van der Waals surface area contributed by atoms with Crippen molar-refractivity contribution in [1.29, 1.82) is 0 Å². The summed E-state index contributed by atoms with van der Waals surface area (Å²) in [7, 11) is 0. The molecule has 4 heterocycles. The molecule has 0 unspecified atom stereocenters. The SMILES string of the molecule is O=C(c1cc2ncccc2[nH]1)N1CCC(F)(F)[C@@H](Oc2ccc3ccccc3n2)C1. The number of H-pyrrole nitrogens is 1. The van der Waals surface area contributed by atoms with Crippen LogP contribution in [0.2, 0.25) is 0 Å². The highest BCUT2D eigenvalue weighted by Gasteiger charge is 2.47. The molecule has 1 saturated heterocycles. The van der Waals surface area contributed by atoms with Gasteiger partial charge in [0.05, 0.1) is 23.1 Å². The van der Waals surface area contributed by atoms with E-state index < -0.39 is 18.4 Å². The number of benzene rings is 1. The second kappa shape index (κ2) is 7.05. The molecule has 0 bridgehead atoms. The van der Waals surface area contributed by atoms with Crippen molar-refractivity contribution in [3.63, 3.8) is 0 Å². The molecular formula is C22H18F2N4O2. The number of nitrogens with zero attached hydrogens (tertiary/aromatic N) is 3. The molecule has 0 spiro atoms. The van der Waals surface area contributed by atoms with Crippen LogP contribution in [0, 0.1) is 0 Å². The minimum atomic E-state index is -3.06. The number of carbonyl (C=O) groups excluding carboxylic acids is 1. The van der Waals surface area contributed by atoms with Crippen LogP contribution in [0.3, 0.4) is 0 Å². The molecule has 30 heavy (non-hydrogen) atoms. The summed E-state index contributed by atoms with van der Waals surface area (Å²) in [5.41, 5.74) is 2.34. The van der Waals surface area contributed by atoms with E-state index in [-0.39, 0.29) is 24.9 Å². The zero-order chi connectivity index (χ0) is 20.7. The predicted molar refractivity (Wildman–Crippen MR) is 108 cm³/mol. The lowest BCUT2D eigenvalue weighted by Crippen LogP contribution is -2.55. The number of nitrogens with one attached hydrogen (secondary N) is 1. The number of likely N-dealkylation sites (tertiary alicyclic amines) is 1. The Balaban J connectivity index is 1.38. The molecule has 1 aromatic carbocycles. The maximum atomic E-state index is 14.6. The van der Waals surface area contributed by atoms with E-state index in [9.17, 15) is 13.6 Å². The van der Waals surface area contributed by atoms with Crippen LogP contribution < -0.4 is 4.74 Å². The van der Waals surface area contributed by atoms with Crippen LogP contribution in [0.4, 0.5) is 8.78 Å². The van der Waals surface area contributed by atoms with Gasteiger partial charge in [-0.15, -0.1) is 0 Å². The number of carbonyl (C=O) groups is 1. The van der Waals surface area contributed by atoms with Gasteiger partial charge in [-0.1, -0.05) is 18.2 Å². The third kappa shape index (κ3) is 3.34. The number of rotatable bonds is 3. The smallest absolute Gasteiger partial charge is 0.287 e. The van der Waals surface area contributed by atoms with Crippen LogP contribution in [-0.2, 0) is 0 Å².